The molecular formula is C26H31N3OS. The molecule has 5 heteroatoms. The van der Waals surface area contributed by atoms with Gasteiger partial charge in [-0.15, -0.1) is 11.3 Å². The molecule has 162 valence electrons. The lowest BCUT2D eigenvalue weighted by molar-refractivity contribution is 0.140. The molecule has 2 heterocycles. The molecule has 0 amide bonds. The molecule has 1 aliphatic carbocycles. The van der Waals surface area contributed by atoms with Gasteiger partial charge >= 0.3 is 0 Å². The summed E-state index contributed by atoms with van der Waals surface area (Å²) in [6.45, 7) is 0.787. The van der Waals surface area contributed by atoms with Crippen molar-refractivity contribution in [3.8, 4) is 16.3 Å². The van der Waals surface area contributed by atoms with Gasteiger partial charge in [-0.3, -0.25) is 0 Å². The first-order valence-electron chi connectivity index (χ1n) is 11.4. The molecule has 0 radical (unpaired) electrons. The Hall–Kier alpha value is -2.21. The standard InChI is InChI=1S/C26H31N3OS/c1-30-24-12-11-20(26-27-13-14-31-26)15-21(24)17-28-23-16-19-9-5-6-10-22(19)29-25(23)18-7-3-2-4-8-18/h2-4,7-8,11-15,19,22-23,25,28-29H,5-6,9-10,16-17H2,1H3. The summed E-state index contributed by atoms with van der Waals surface area (Å²) in [5, 5.41) is 11.0. The minimum Gasteiger partial charge on any atom is -0.496 e. The number of ether oxygens (including phenoxy) is 1. The van der Waals surface area contributed by atoms with Crippen LogP contribution < -0.4 is 15.4 Å². The maximum atomic E-state index is 5.68. The van der Waals surface area contributed by atoms with Gasteiger partial charge in [-0.2, -0.15) is 0 Å². The van der Waals surface area contributed by atoms with Gasteiger partial charge in [0.15, 0.2) is 0 Å². The lowest BCUT2D eigenvalue weighted by Crippen LogP contribution is -2.55. The minimum absolute atomic E-state index is 0.341. The molecule has 31 heavy (non-hydrogen) atoms. The highest BCUT2D eigenvalue weighted by atomic mass is 32.1. The van der Waals surface area contributed by atoms with Crippen LogP contribution in [0, 0.1) is 5.92 Å². The predicted molar refractivity (Wildman–Crippen MR) is 127 cm³/mol. The molecular weight excluding hydrogens is 402 g/mol. The molecule has 1 aromatic heterocycles. The molecule has 0 spiro atoms. The van der Waals surface area contributed by atoms with Crippen molar-refractivity contribution in [2.45, 2.75) is 56.8 Å². The maximum absolute atomic E-state index is 5.68. The number of thiazole rings is 1. The van der Waals surface area contributed by atoms with Crippen molar-refractivity contribution in [3.63, 3.8) is 0 Å². The Morgan fingerprint density at radius 2 is 2.00 bits per heavy atom. The summed E-state index contributed by atoms with van der Waals surface area (Å²) in [6, 6.07) is 18.7. The highest BCUT2D eigenvalue weighted by Gasteiger charge is 2.38. The first-order chi connectivity index (χ1) is 15.3. The molecule has 2 aliphatic rings. The number of hydrogen-bond acceptors (Lipinski definition) is 5. The summed E-state index contributed by atoms with van der Waals surface area (Å²) in [7, 11) is 1.75. The quantitative estimate of drug-likeness (QED) is 0.533. The van der Waals surface area contributed by atoms with Crippen LogP contribution in [0.15, 0.2) is 60.1 Å². The SMILES string of the molecule is COc1ccc(-c2nccs2)cc1CNC1CC2CCCCC2NC1c1ccccc1. The van der Waals surface area contributed by atoms with Crippen molar-refractivity contribution < 1.29 is 4.74 Å². The van der Waals surface area contributed by atoms with Crippen molar-refractivity contribution in [2.24, 2.45) is 5.92 Å². The Morgan fingerprint density at radius 1 is 1.13 bits per heavy atom. The van der Waals surface area contributed by atoms with Gasteiger partial charge in [0.1, 0.15) is 10.8 Å². The number of nitrogens with zero attached hydrogens (tertiary/aromatic N) is 1. The largest absolute Gasteiger partial charge is 0.496 e. The van der Waals surface area contributed by atoms with Crippen LogP contribution in [0.3, 0.4) is 0 Å². The Morgan fingerprint density at radius 3 is 2.81 bits per heavy atom. The van der Waals surface area contributed by atoms with E-state index in [2.05, 4.69) is 64.1 Å². The van der Waals surface area contributed by atoms with Crippen LogP contribution >= 0.6 is 11.3 Å². The van der Waals surface area contributed by atoms with Crippen LogP contribution in [-0.4, -0.2) is 24.2 Å². The topological polar surface area (TPSA) is 46.2 Å². The van der Waals surface area contributed by atoms with E-state index in [-0.39, 0.29) is 0 Å². The molecule has 2 aromatic carbocycles. The van der Waals surface area contributed by atoms with Gasteiger partial charge in [-0.1, -0.05) is 43.2 Å². The molecule has 3 aromatic rings. The number of aromatic nitrogens is 1. The van der Waals surface area contributed by atoms with Gasteiger partial charge in [0, 0.05) is 47.4 Å². The zero-order valence-corrected chi connectivity index (χ0v) is 18.9. The summed E-state index contributed by atoms with van der Waals surface area (Å²) in [6.07, 6.45) is 8.47. The van der Waals surface area contributed by atoms with Gasteiger partial charge in [0.2, 0.25) is 0 Å². The third-order valence-electron chi connectivity index (χ3n) is 6.93. The van der Waals surface area contributed by atoms with E-state index in [0.717, 1.165) is 28.8 Å². The lowest BCUT2D eigenvalue weighted by Gasteiger charge is -2.45. The van der Waals surface area contributed by atoms with Gasteiger partial charge in [-0.25, -0.2) is 4.98 Å². The summed E-state index contributed by atoms with van der Waals surface area (Å²) in [5.41, 5.74) is 3.72. The van der Waals surface area contributed by atoms with Crippen molar-refractivity contribution in [1.29, 1.82) is 0 Å². The summed E-state index contributed by atoms with van der Waals surface area (Å²) < 4.78 is 5.68. The molecule has 1 aliphatic heterocycles. The number of nitrogens with one attached hydrogen (secondary N) is 2. The molecule has 0 bridgehead atoms. The van der Waals surface area contributed by atoms with E-state index in [4.69, 9.17) is 4.74 Å². The van der Waals surface area contributed by atoms with Crippen molar-refractivity contribution in [1.82, 2.24) is 15.6 Å². The van der Waals surface area contributed by atoms with E-state index in [1.165, 1.54) is 43.2 Å². The highest BCUT2D eigenvalue weighted by molar-refractivity contribution is 7.13. The smallest absolute Gasteiger partial charge is 0.123 e. The molecule has 5 rings (SSSR count). The second kappa shape index (κ2) is 9.51. The lowest BCUT2D eigenvalue weighted by atomic mass is 9.74. The highest BCUT2D eigenvalue weighted by Crippen LogP contribution is 2.37. The third-order valence-corrected chi connectivity index (χ3v) is 7.76. The van der Waals surface area contributed by atoms with E-state index in [1.54, 1.807) is 18.4 Å². The fraction of sp³-hybridized carbons (Fsp3) is 0.423. The number of hydrogen-bond donors (Lipinski definition) is 2. The average Bonchev–Trinajstić information content (AvgIpc) is 3.37. The van der Waals surface area contributed by atoms with Crippen molar-refractivity contribution >= 4 is 11.3 Å². The van der Waals surface area contributed by atoms with E-state index < -0.39 is 0 Å². The summed E-state index contributed by atoms with van der Waals surface area (Å²) >= 11 is 1.67. The summed E-state index contributed by atoms with van der Waals surface area (Å²) in [5.74, 6) is 1.71. The van der Waals surface area contributed by atoms with E-state index in [9.17, 15) is 0 Å². The number of fused-ring (bicyclic) bond motifs is 1. The first kappa shape index (κ1) is 20.7. The molecule has 4 unspecified atom stereocenters. The van der Waals surface area contributed by atoms with E-state index in [1.807, 2.05) is 11.6 Å². The van der Waals surface area contributed by atoms with Crippen molar-refractivity contribution in [2.75, 3.05) is 7.11 Å². The molecule has 1 saturated heterocycles. The van der Waals surface area contributed by atoms with Crippen LogP contribution in [0.4, 0.5) is 0 Å². The second-order valence-electron chi connectivity index (χ2n) is 8.79. The number of rotatable bonds is 6. The summed E-state index contributed by atoms with van der Waals surface area (Å²) in [4.78, 5) is 4.48. The normalized spacial score (nSPS) is 25.7. The fourth-order valence-electron chi connectivity index (χ4n) is 5.37. The van der Waals surface area contributed by atoms with Crippen molar-refractivity contribution in [3.05, 3.63) is 71.2 Å². The van der Waals surface area contributed by atoms with Crippen LogP contribution in [0.2, 0.25) is 0 Å². The predicted octanol–water partition coefficient (Wildman–Crippen LogP) is 5.57. The average molecular weight is 434 g/mol. The van der Waals surface area contributed by atoms with Gasteiger partial charge < -0.3 is 15.4 Å². The zero-order valence-electron chi connectivity index (χ0n) is 18.1. The molecule has 2 N–H and O–H groups in total. The van der Waals surface area contributed by atoms with Gasteiger partial charge in [-0.05, 0) is 48.9 Å². The Balaban J connectivity index is 1.37. The van der Waals surface area contributed by atoms with E-state index in [0.29, 0.717) is 18.1 Å². The van der Waals surface area contributed by atoms with Crippen LogP contribution in [0.5, 0.6) is 5.75 Å². The first-order valence-corrected chi connectivity index (χ1v) is 12.3. The van der Waals surface area contributed by atoms with E-state index >= 15 is 0 Å². The molecule has 1 saturated carbocycles. The number of benzene rings is 2. The second-order valence-corrected chi connectivity index (χ2v) is 9.69. The number of piperidine rings is 1. The Kier molecular flexibility index (Phi) is 6.35. The van der Waals surface area contributed by atoms with Gasteiger partial charge in [0.25, 0.3) is 0 Å². The zero-order chi connectivity index (χ0) is 21.0. The van der Waals surface area contributed by atoms with Crippen LogP contribution in [0.25, 0.3) is 10.6 Å². The third kappa shape index (κ3) is 4.54. The Labute approximate surface area is 189 Å². The van der Waals surface area contributed by atoms with Gasteiger partial charge in [0.05, 0.1) is 7.11 Å². The van der Waals surface area contributed by atoms with Crippen LogP contribution in [-0.2, 0) is 6.54 Å². The maximum Gasteiger partial charge on any atom is 0.123 e. The fourth-order valence-corrected chi connectivity index (χ4v) is 6.00. The monoisotopic (exact) mass is 433 g/mol. The van der Waals surface area contributed by atoms with Crippen LogP contribution in [0.1, 0.15) is 49.3 Å². The molecule has 4 atom stereocenters. The Bertz CT molecular complexity index is 976. The molecule has 2 fully saturated rings. The molecule has 4 nitrogen and oxygen atoms in total. The minimum atomic E-state index is 0.341. The number of methoxy groups -OCH3 is 1.